The van der Waals surface area contributed by atoms with Crippen LogP contribution < -0.4 is 15.5 Å². The molecule has 1 atom stereocenters. The minimum Gasteiger partial charge on any atom is -0.352 e. The molecule has 2 fully saturated rings. The fourth-order valence-electron chi connectivity index (χ4n) is 3.65. The Morgan fingerprint density at radius 1 is 1.26 bits per heavy atom. The van der Waals surface area contributed by atoms with Crippen LogP contribution >= 0.6 is 0 Å². The number of carbonyl (C=O) groups is 2. The second-order valence-corrected chi connectivity index (χ2v) is 7.17. The smallest absolute Gasteiger partial charge is 0.352 e. The van der Waals surface area contributed by atoms with E-state index < -0.39 is 17.6 Å². The summed E-state index contributed by atoms with van der Waals surface area (Å²) < 4.78 is 39.7. The third-order valence-electron chi connectivity index (χ3n) is 5.13. The van der Waals surface area contributed by atoms with Gasteiger partial charge < -0.3 is 15.5 Å². The average molecular weight is 383 g/mol. The van der Waals surface area contributed by atoms with E-state index in [9.17, 15) is 22.8 Å². The molecule has 2 N–H and O–H groups in total. The number of hydrogen-bond donors (Lipinski definition) is 2. The second-order valence-electron chi connectivity index (χ2n) is 7.17. The van der Waals surface area contributed by atoms with Crippen LogP contribution in [0.1, 0.15) is 48.0 Å². The van der Waals surface area contributed by atoms with Gasteiger partial charge >= 0.3 is 6.18 Å². The first kappa shape index (κ1) is 19.7. The molecule has 0 radical (unpaired) electrons. The third-order valence-corrected chi connectivity index (χ3v) is 5.13. The van der Waals surface area contributed by atoms with Gasteiger partial charge in [0.1, 0.15) is 0 Å². The van der Waals surface area contributed by atoms with Crippen LogP contribution in [0.25, 0.3) is 0 Å². The van der Waals surface area contributed by atoms with Crippen molar-refractivity contribution in [1.82, 2.24) is 10.6 Å². The highest BCUT2D eigenvalue weighted by Gasteiger charge is 2.33. The SMILES string of the molecule is O=C(NCCC1CCCNC1)c1cc(N2CCCC2=O)cc(C(F)(F)F)c1. The zero-order valence-electron chi connectivity index (χ0n) is 15.1. The van der Waals surface area contributed by atoms with Crippen LogP contribution in [0.5, 0.6) is 0 Å². The Labute approximate surface area is 156 Å². The number of halogens is 3. The summed E-state index contributed by atoms with van der Waals surface area (Å²) in [6, 6.07) is 3.16. The average Bonchev–Trinajstić information content (AvgIpc) is 3.07. The number of nitrogens with one attached hydrogen (secondary N) is 2. The Morgan fingerprint density at radius 2 is 2.07 bits per heavy atom. The maximum absolute atomic E-state index is 13.2. The van der Waals surface area contributed by atoms with Gasteiger partial charge in [-0.15, -0.1) is 0 Å². The Bertz CT molecular complexity index is 700. The first-order chi connectivity index (χ1) is 12.8. The lowest BCUT2D eigenvalue weighted by atomic mass is 9.96. The molecule has 3 rings (SSSR count). The van der Waals surface area contributed by atoms with Crippen LogP contribution in [0.15, 0.2) is 18.2 Å². The van der Waals surface area contributed by atoms with Gasteiger partial charge in [-0.2, -0.15) is 13.2 Å². The molecule has 2 aliphatic rings. The highest BCUT2D eigenvalue weighted by Crippen LogP contribution is 2.34. The van der Waals surface area contributed by atoms with Crippen molar-refractivity contribution in [2.75, 3.05) is 31.1 Å². The molecule has 1 aromatic rings. The Hall–Kier alpha value is -2.09. The molecular weight excluding hydrogens is 359 g/mol. The van der Waals surface area contributed by atoms with E-state index in [1.807, 2.05) is 0 Å². The summed E-state index contributed by atoms with van der Waals surface area (Å²) in [6.07, 6.45) is -0.691. The summed E-state index contributed by atoms with van der Waals surface area (Å²) in [5.41, 5.74) is -0.850. The van der Waals surface area contributed by atoms with Crippen LogP contribution in [0.4, 0.5) is 18.9 Å². The van der Waals surface area contributed by atoms with E-state index in [2.05, 4.69) is 10.6 Å². The van der Waals surface area contributed by atoms with Crippen LogP contribution in [-0.4, -0.2) is 38.0 Å². The van der Waals surface area contributed by atoms with E-state index in [1.165, 1.54) is 11.0 Å². The predicted molar refractivity (Wildman–Crippen MR) is 95.6 cm³/mol. The molecule has 2 saturated heterocycles. The number of nitrogens with zero attached hydrogens (tertiary/aromatic N) is 1. The minimum absolute atomic E-state index is 0.0682. The largest absolute Gasteiger partial charge is 0.416 e. The van der Waals surface area contributed by atoms with Gasteiger partial charge in [0, 0.05) is 30.8 Å². The van der Waals surface area contributed by atoms with Crippen molar-refractivity contribution in [2.45, 2.75) is 38.3 Å². The third kappa shape index (κ3) is 5.00. The van der Waals surface area contributed by atoms with E-state index in [1.54, 1.807) is 0 Å². The minimum atomic E-state index is -4.58. The summed E-state index contributed by atoms with van der Waals surface area (Å²) in [6.45, 7) is 2.70. The normalized spacial score (nSPS) is 20.8. The van der Waals surface area contributed by atoms with Gasteiger partial charge in [-0.1, -0.05) is 0 Å². The zero-order valence-corrected chi connectivity index (χ0v) is 15.1. The molecule has 8 heteroatoms. The molecule has 1 unspecified atom stereocenters. The summed E-state index contributed by atoms with van der Waals surface area (Å²) >= 11 is 0. The number of rotatable bonds is 5. The molecule has 0 bridgehead atoms. The van der Waals surface area contributed by atoms with Crippen molar-refractivity contribution in [2.24, 2.45) is 5.92 Å². The zero-order chi connectivity index (χ0) is 19.4. The molecule has 27 heavy (non-hydrogen) atoms. The predicted octanol–water partition coefficient (Wildman–Crippen LogP) is 2.95. The molecular formula is C19H24F3N3O2. The van der Waals surface area contributed by atoms with E-state index in [-0.39, 0.29) is 17.2 Å². The van der Waals surface area contributed by atoms with Crippen molar-refractivity contribution in [1.29, 1.82) is 0 Å². The Balaban J connectivity index is 1.72. The lowest BCUT2D eigenvalue weighted by Crippen LogP contribution is -2.33. The summed E-state index contributed by atoms with van der Waals surface area (Å²) in [5.74, 6) is -0.290. The number of hydrogen-bond acceptors (Lipinski definition) is 3. The number of anilines is 1. The van der Waals surface area contributed by atoms with E-state index >= 15 is 0 Å². The molecule has 2 amide bonds. The van der Waals surface area contributed by atoms with E-state index in [0.717, 1.165) is 44.5 Å². The molecule has 0 aliphatic carbocycles. The molecule has 148 valence electrons. The molecule has 0 spiro atoms. The Morgan fingerprint density at radius 3 is 2.70 bits per heavy atom. The van der Waals surface area contributed by atoms with Crippen molar-refractivity contribution in [3.8, 4) is 0 Å². The standard InChI is InChI=1S/C19H24F3N3O2/c20-19(21,22)15-9-14(10-16(11-15)25-8-2-4-17(25)26)18(27)24-7-5-13-3-1-6-23-12-13/h9-11,13,23H,1-8,12H2,(H,24,27). The van der Waals surface area contributed by atoms with Gasteiger partial charge in [-0.05, 0) is 62.9 Å². The molecule has 2 aliphatic heterocycles. The number of benzene rings is 1. The highest BCUT2D eigenvalue weighted by atomic mass is 19.4. The van der Waals surface area contributed by atoms with E-state index in [4.69, 9.17) is 0 Å². The number of piperidine rings is 1. The fourth-order valence-corrected chi connectivity index (χ4v) is 3.65. The molecule has 1 aromatic carbocycles. The quantitative estimate of drug-likeness (QED) is 0.822. The van der Waals surface area contributed by atoms with Crippen LogP contribution in [0, 0.1) is 5.92 Å². The number of alkyl halides is 3. The van der Waals surface area contributed by atoms with Gasteiger partial charge in [0.15, 0.2) is 0 Å². The molecule has 0 saturated carbocycles. The Kier molecular flexibility index (Phi) is 6.04. The van der Waals surface area contributed by atoms with Crippen molar-refractivity contribution >= 4 is 17.5 Å². The molecule has 2 heterocycles. The summed E-state index contributed by atoms with van der Waals surface area (Å²) in [7, 11) is 0. The van der Waals surface area contributed by atoms with Gasteiger partial charge in [0.05, 0.1) is 5.56 Å². The number of amides is 2. The van der Waals surface area contributed by atoms with Gasteiger partial charge in [-0.25, -0.2) is 0 Å². The maximum Gasteiger partial charge on any atom is 0.416 e. The fraction of sp³-hybridized carbons (Fsp3) is 0.579. The van der Waals surface area contributed by atoms with Gasteiger partial charge in [0.2, 0.25) is 5.91 Å². The highest BCUT2D eigenvalue weighted by molar-refractivity contribution is 5.99. The van der Waals surface area contributed by atoms with Crippen molar-refractivity contribution in [3.05, 3.63) is 29.3 Å². The topological polar surface area (TPSA) is 61.4 Å². The first-order valence-corrected chi connectivity index (χ1v) is 9.36. The lowest BCUT2D eigenvalue weighted by Gasteiger charge is -2.23. The molecule has 5 nitrogen and oxygen atoms in total. The van der Waals surface area contributed by atoms with Gasteiger partial charge in [0.25, 0.3) is 5.91 Å². The lowest BCUT2D eigenvalue weighted by molar-refractivity contribution is -0.137. The van der Waals surface area contributed by atoms with Crippen LogP contribution in [-0.2, 0) is 11.0 Å². The number of carbonyl (C=O) groups excluding carboxylic acids is 2. The summed E-state index contributed by atoms with van der Waals surface area (Å²) in [4.78, 5) is 25.6. The van der Waals surface area contributed by atoms with Crippen LogP contribution in [0.2, 0.25) is 0 Å². The second kappa shape index (κ2) is 8.29. The van der Waals surface area contributed by atoms with Gasteiger partial charge in [-0.3, -0.25) is 9.59 Å². The van der Waals surface area contributed by atoms with Crippen molar-refractivity contribution < 1.29 is 22.8 Å². The van der Waals surface area contributed by atoms with E-state index in [0.29, 0.717) is 31.8 Å². The molecule has 0 aromatic heterocycles. The summed E-state index contributed by atoms with van der Waals surface area (Å²) in [5, 5.41) is 6.01. The monoisotopic (exact) mass is 383 g/mol. The maximum atomic E-state index is 13.2. The first-order valence-electron chi connectivity index (χ1n) is 9.36. The van der Waals surface area contributed by atoms with Crippen molar-refractivity contribution in [3.63, 3.8) is 0 Å². The van der Waals surface area contributed by atoms with Crippen LogP contribution in [0.3, 0.4) is 0 Å².